The lowest BCUT2D eigenvalue weighted by atomic mass is 10.2. The lowest BCUT2D eigenvalue weighted by Gasteiger charge is -2.01. The molecule has 0 aromatic carbocycles. The SMILES string of the molecule is Nc1cc(-c2ccccn2)nnc1N. The topological polar surface area (TPSA) is 90.7 Å². The van der Waals surface area contributed by atoms with Gasteiger partial charge in [-0.25, -0.2) is 0 Å². The molecule has 0 aliphatic rings. The van der Waals surface area contributed by atoms with E-state index in [1.165, 1.54) is 0 Å². The van der Waals surface area contributed by atoms with Crippen LogP contribution in [0.5, 0.6) is 0 Å². The third-order valence-corrected chi connectivity index (χ3v) is 1.78. The Bertz CT molecular complexity index is 440. The second kappa shape index (κ2) is 3.29. The molecule has 0 radical (unpaired) electrons. The lowest BCUT2D eigenvalue weighted by molar-refractivity contribution is 1.04. The van der Waals surface area contributed by atoms with E-state index < -0.39 is 0 Å². The summed E-state index contributed by atoms with van der Waals surface area (Å²) >= 11 is 0. The fourth-order valence-electron chi connectivity index (χ4n) is 1.06. The average molecular weight is 187 g/mol. The van der Waals surface area contributed by atoms with Gasteiger partial charge in [0.2, 0.25) is 0 Å². The summed E-state index contributed by atoms with van der Waals surface area (Å²) in [6.07, 6.45) is 1.68. The van der Waals surface area contributed by atoms with Crippen molar-refractivity contribution in [3.05, 3.63) is 30.5 Å². The van der Waals surface area contributed by atoms with Crippen LogP contribution < -0.4 is 11.5 Å². The Morgan fingerprint density at radius 2 is 1.86 bits per heavy atom. The van der Waals surface area contributed by atoms with Gasteiger partial charge in [-0.1, -0.05) is 6.07 Å². The number of anilines is 2. The normalized spacial score (nSPS) is 10.0. The minimum Gasteiger partial charge on any atom is -0.396 e. The highest BCUT2D eigenvalue weighted by molar-refractivity contribution is 5.65. The van der Waals surface area contributed by atoms with Crippen LogP contribution in [0.4, 0.5) is 11.5 Å². The molecule has 4 N–H and O–H groups in total. The molecule has 0 saturated carbocycles. The highest BCUT2D eigenvalue weighted by atomic mass is 15.1. The molecule has 14 heavy (non-hydrogen) atoms. The van der Waals surface area contributed by atoms with E-state index in [-0.39, 0.29) is 5.82 Å². The largest absolute Gasteiger partial charge is 0.396 e. The molecule has 2 aromatic heterocycles. The van der Waals surface area contributed by atoms with Crippen LogP contribution in [0.15, 0.2) is 30.5 Å². The monoisotopic (exact) mass is 187 g/mol. The molecule has 0 aliphatic carbocycles. The van der Waals surface area contributed by atoms with Gasteiger partial charge in [0.05, 0.1) is 11.4 Å². The van der Waals surface area contributed by atoms with E-state index in [0.717, 1.165) is 5.69 Å². The van der Waals surface area contributed by atoms with Gasteiger partial charge in [0.1, 0.15) is 5.69 Å². The second-order valence-corrected chi connectivity index (χ2v) is 2.79. The second-order valence-electron chi connectivity index (χ2n) is 2.79. The Morgan fingerprint density at radius 3 is 2.50 bits per heavy atom. The third kappa shape index (κ3) is 1.47. The Balaban J connectivity index is 2.48. The smallest absolute Gasteiger partial charge is 0.169 e. The summed E-state index contributed by atoms with van der Waals surface area (Å²) in [6, 6.07) is 7.19. The molecule has 70 valence electrons. The molecular weight excluding hydrogens is 178 g/mol. The Kier molecular flexibility index (Phi) is 1.98. The number of nitrogens with zero attached hydrogens (tertiary/aromatic N) is 3. The van der Waals surface area contributed by atoms with Gasteiger partial charge in [-0.15, -0.1) is 10.2 Å². The van der Waals surface area contributed by atoms with Crippen molar-refractivity contribution < 1.29 is 0 Å². The maximum absolute atomic E-state index is 5.60. The summed E-state index contributed by atoms with van der Waals surface area (Å²) in [5.41, 5.74) is 12.8. The molecule has 2 heterocycles. The van der Waals surface area contributed by atoms with Crippen LogP contribution in [0.1, 0.15) is 0 Å². The number of hydrogen-bond donors (Lipinski definition) is 2. The summed E-state index contributed by atoms with van der Waals surface area (Å²) in [5, 5.41) is 7.61. The zero-order chi connectivity index (χ0) is 9.97. The Hall–Kier alpha value is -2.17. The first-order valence-corrected chi connectivity index (χ1v) is 4.07. The number of rotatable bonds is 1. The van der Waals surface area contributed by atoms with Crippen molar-refractivity contribution in [2.24, 2.45) is 0 Å². The number of aromatic nitrogens is 3. The van der Waals surface area contributed by atoms with Crippen LogP contribution in [0.25, 0.3) is 11.4 Å². The molecule has 0 atom stereocenters. The van der Waals surface area contributed by atoms with Crippen molar-refractivity contribution in [2.75, 3.05) is 11.5 Å². The standard InChI is InChI=1S/C9H9N5/c10-6-5-8(13-14-9(6)11)7-3-1-2-4-12-7/h1-5H,(H2,10,13)(H2,11,14). The molecule has 0 fully saturated rings. The summed E-state index contributed by atoms with van der Waals surface area (Å²) in [5.74, 6) is 0.240. The van der Waals surface area contributed by atoms with Crippen LogP contribution in [0.2, 0.25) is 0 Å². The van der Waals surface area contributed by atoms with Crippen LogP contribution in [-0.2, 0) is 0 Å². The zero-order valence-electron chi connectivity index (χ0n) is 7.38. The van der Waals surface area contributed by atoms with Crippen molar-refractivity contribution in [3.8, 4) is 11.4 Å². The number of hydrogen-bond acceptors (Lipinski definition) is 5. The summed E-state index contributed by atoms with van der Waals surface area (Å²) < 4.78 is 0. The van der Waals surface area contributed by atoms with E-state index in [0.29, 0.717) is 11.4 Å². The van der Waals surface area contributed by atoms with Gasteiger partial charge < -0.3 is 11.5 Å². The lowest BCUT2D eigenvalue weighted by Crippen LogP contribution is -2.01. The van der Waals surface area contributed by atoms with Gasteiger partial charge in [-0.05, 0) is 18.2 Å². The first kappa shape index (κ1) is 8.43. The molecule has 0 unspecified atom stereocenters. The van der Waals surface area contributed by atoms with Crippen molar-refractivity contribution in [1.82, 2.24) is 15.2 Å². The predicted molar refractivity (Wildman–Crippen MR) is 54.1 cm³/mol. The third-order valence-electron chi connectivity index (χ3n) is 1.78. The van der Waals surface area contributed by atoms with E-state index in [9.17, 15) is 0 Å². The van der Waals surface area contributed by atoms with E-state index >= 15 is 0 Å². The van der Waals surface area contributed by atoms with E-state index in [4.69, 9.17) is 11.5 Å². The van der Waals surface area contributed by atoms with Gasteiger partial charge >= 0.3 is 0 Å². The molecule has 0 saturated heterocycles. The van der Waals surface area contributed by atoms with Gasteiger partial charge in [-0.2, -0.15) is 0 Å². The summed E-state index contributed by atoms with van der Waals surface area (Å²) in [4.78, 5) is 4.12. The van der Waals surface area contributed by atoms with Crippen molar-refractivity contribution in [2.45, 2.75) is 0 Å². The number of pyridine rings is 1. The molecular formula is C9H9N5. The summed E-state index contributed by atoms with van der Waals surface area (Å²) in [7, 11) is 0. The molecule has 5 heteroatoms. The zero-order valence-corrected chi connectivity index (χ0v) is 7.38. The van der Waals surface area contributed by atoms with Crippen molar-refractivity contribution in [3.63, 3.8) is 0 Å². The number of nitrogens with two attached hydrogens (primary N) is 2. The van der Waals surface area contributed by atoms with Crippen LogP contribution in [0.3, 0.4) is 0 Å². The molecule has 2 aromatic rings. The Morgan fingerprint density at radius 1 is 1.00 bits per heavy atom. The van der Waals surface area contributed by atoms with E-state index in [1.807, 2.05) is 18.2 Å². The maximum atomic E-state index is 5.60. The van der Waals surface area contributed by atoms with E-state index in [2.05, 4.69) is 15.2 Å². The minimum atomic E-state index is 0.240. The highest BCUT2D eigenvalue weighted by Crippen LogP contribution is 2.17. The first-order valence-electron chi connectivity index (χ1n) is 4.07. The molecule has 5 nitrogen and oxygen atoms in total. The van der Waals surface area contributed by atoms with E-state index in [1.54, 1.807) is 12.3 Å². The predicted octanol–water partition coefficient (Wildman–Crippen LogP) is 0.703. The quantitative estimate of drug-likeness (QED) is 0.685. The van der Waals surface area contributed by atoms with Crippen LogP contribution in [-0.4, -0.2) is 15.2 Å². The molecule has 0 spiro atoms. The van der Waals surface area contributed by atoms with Gasteiger partial charge in [0.15, 0.2) is 5.82 Å². The van der Waals surface area contributed by atoms with Crippen LogP contribution in [0, 0.1) is 0 Å². The minimum absolute atomic E-state index is 0.240. The van der Waals surface area contributed by atoms with Gasteiger partial charge in [0, 0.05) is 6.20 Å². The molecule has 0 bridgehead atoms. The average Bonchev–Trinajstić information content (AvgIpc) is 2.23. The highest BCUT2D eigenvalue weighted by Gasteiger charge is 2.03. The fourth-order valence-corrected chi connectivity index (χ4v) is 1.06. The van der Waals surface area contributed by atoms with Gasteiger partial charge in [0.25, 0.3) is 0 Å². The van der Waals surface area contributed by atoms with Crippen molar-refractivity contribution >= 4 is 11.5 Å². The first-order chi connectivity index (χ1) is 6.77. The van der Waals surface area contributed by atoms with Gasteiger partial charge in [-0.3, -0.25) is 4.98 Å². The fraction of sp³-hybridized carbons (Fsp3) is 0. The summed E-state index contributed by atoms with van der Waals surface area (Å²) in [6.45, 7) is 0. The molecule has 0 amide bonds. The molecule has 0 aliphatic heterocycles. The van der Waals surface area contributed by atoms with Crippen LogP contribution >= 0.6 is 0 Å². The Labute approximate surface area is 80.8 Å². The maximum Gasteiger partial charge on any atom is 0.169 e. The number of nitrogen functional groups attached to an aromatic ring is 2. The van der Waals surface area contributed by atoms with Crippen molar-refractivity contribution in [1.29, 1.82) is 0 Å². The molecule has 2 rings (SSSR count).